The first-order valence-electron chi connectivity index (χ1n) is 9.22. The fraction of sp³-hybridized carbons (Fsp3) is 0.300. The Hall–Kier alpha value is -3.42. The van der Waals surface area contributed by atoms with E-state index < -0.39 is 4.92 Å². The Morgan fingerprint density at radius 1 is 1.21 bits per heavy atom. The smallest absolute Gasteiger partial charge is 0.270 e. The van der Waals surface area contributed by atoms with Crippen LogP contribution in [0.3, 0.4) is 0 Å². The summed E-state index contributed by atoms with van der Waals surface area (Å²) in [5.41, 5.74) is 3.69. The molecule has 142 valence electrons. The minimum atomic E-state index is -0.410. The summed E-state index contributed by atoms with van der Waals surface area (Å²) in [5, 5.41) is 11.1. The van der Waals surface area contributed by atoms with Crippen LogP contribution in [0, 0.1) is 17.0 Å². The first-order chi connectivity index (χ1) is 13.5. The molecule has 8 heteroatoms. The minimum Gasteiger partial charge on any atom is -0.350 e. The van der Waals surface area contributed by atoms with Crippen LogP contribution >= 0.6 is 0 Å². The maximum atomic E-state index is 11.1. The number of hydrogen-bond acceptors (Lipinski definition) is 7. The molecule has 0 saturated heterocycles. The van der Waals surface area contributed by atoms with Crippen LogP contribution in [0.15, 0.2) is 36.5 Å². The molecule has 1 aromatic carbocycles. The summed E-state index contributed by atoms with van der Waals surface area (Å²) in [4.78, 5) is 31.1. The normalized spacial score (nSPS) is 13.3. The number of fused-ring (bicyclic) bond motifs is 1. The largest absolute Gasteiger partial charge is 0.350 e. The van der Waals surface area contributed by atoms with Crippen LogP contribution in [-0.4, -0.2) is 31.4 Å². The van der Waals surface area contributed by atoms with Crippen molar-refractivity contribution in [1.82, 2.24) is 19.9 Å². The molecule has 0 radical (unpaired) electrons. The fourth-order valence-electron chi connectivity index (χ4n) is 3.31. The molecule has 0 spiro atoms. The SMILES string of the molecule is CCc1ncc2c(n1)CN(c1cc(C)nc(-c3cccc([N+](=O)[O-])c3)n1)CC2. The summed E-state index contributed by atoms with van der Waals surface area (Å²) in [7, 11) is 0. The van der Waals surface area contributed by atoms with Crippen molar-refractivity contribution in [3.63, 3.8) is 0 Å². The van der Waals surface area contributed by atoms with Gasteiger partial charge in [-0.25, -0.2) is 19.9 Å². The third kappa shape index (κ3) is 3.53. The molecule has 0 bridgehead atoms. The highest BCUT2D eigenvalue weighted by atomic mass is 16.6. The van der Waals surface area contributed by atoms with Gasteiger partial charge < -0.3 is 4.90 Å². The van der Waals surface area contributed by atoms with Gasteiger partial charge in [-0.05, 0) is 18.9 Å². The Labute approximate surface area is 162 Å². The highest BCUT2D eigenvalue weighted by Crippen LogP contribution is 2.26. The lowest BCUT2D eigenvalue weighted by Crippen LogP contribution is -2.32. The van der Waals surface area contributed by atoms with Crippen LogP contribution in [0.1, 0.15) is 29.7 Å². The number of benzene rings is 1. The maximum absolute atomic E-state index is 11.1. The van der Waals surface area contributed by atoms with E-state index >= 15 is 0 Å². The number of rotatable bonds is 4. The zero-order valence-electron chi connectivity index (χ0n) is 15.8. The van der Waals surface area contributed by atoms with Gasteiger partial charge in [-0.3, -0.25) is 10.1 Å². The monoisotopic (exact) mass is 376 g/mol. The zero-order chi connectivity index (χ0) is 19.7. The van der Waals surface area contributed by atoms with Gasteiger partial charge in [0.15, 0.2) is 5.82 Å². The van der Waals surface area contributed by atoms with Crippen LogP contribution in [0.5, 0.6) is 0 Å². The van der Waals surface area contributed by atoms with Gasteiger partial charge in [-0.2, -0.15) is 0 Å². The molecule has 0 fully saturated rings. The van der Waals surface area contributed by atoms with Gasteiger partial charge in [0, 0.05) is 48.6 Å². The molecule has 0 aliphatic carbocycles. The number of aryl methyl sites for hydroxylation is 2. The summed E-state index contributed by atoms with van der Waals surface area (Å²) in [5.74, 6) is 2.13. The van der Waals surface area contributed by atoms with Crippen molar-refractivity contribution < 1.29 is 4.92 Å². The van der Waals surface area contributed by atoms with Crippen LogP contribution in [-0.2, 0) is 19.4 Å². The number of aromatic nitrogens is 4. The lowest BCUT2D eigenvalue weighted by atomic mass is 10.1. The third-order valence-corrected chi connectivity index (χ3v) is 4.79. The van der Waals surface area contributed by atoms with E-state index in [2.05, 4.69) is 19.9 Å². The molecule has 1 aliphatic heterocycles. The number of nitrogens with zero attached hydrogens (tertiary/aromatic N) is 6. The Balaban J connectivity index is 1.68. The second-order valence-electron chi connectivity index (χ2n) is 6.78. The summed E-state index contributed by atoms with van der Waals surface area (Å²) in [6.07, 6.45) is 3.59. The van der Waals surface area contributed by atoms with E-state index in [0.717, 1.165) is 42.4 Å². The first kappa shape index (κ1) is 18.0. The Morgan fingerprint density at radius 2 is 2.07 bits per heavy atom. The quantitative estimate of drug-likeness (QED) is 0.509. The van der Waals surface area contributed by atoms with Crippen LogP contribution in [0.4, 0.5) is 11.5 Å². The third-order valence-electron chi connectivity index (χ3n) is 4.79. The lowest BCUT2D eigenvalue weighted by Gasteiger charge is -2.29. The molecule has 0 saturated carbocycles. The molecular formula is C20H20N6O2. The molecule has 4 rings (SSSR count). The van der Waals surface area contributed by atoms with E-state index in [4.69, 9.17) is 4.98 Å². The maximum Gasteiger partial charge on any atom is 0.270 e. The molecule has 2 aromatic heterocycles. The van der Waals surface area contributed by atoms with Gasteiger partial charge in [0.2, 0.25) is 0 Å². The van der Waals surface area contributed by atoms with Gasteiger partial charge in [-0.1, -0.05) is 19.1 Å². The predicted molar refractivity (Wildman–Crippen MR) is 105 cm³/mol. The van der Waals surface area contributed by atoms with E-state index in [9.17, 15) is 10.1 Å². The molecule has 28 heavy (non-hydrogen) atoms. The van der Waals surface area contributed by atoms with Crippen molar-refractivity contribution in [2.75, 3.05) is 11.4 Å². The molecule has 0 unspecified atom stereocenters. The van der Waals surface area contributed by atoms with Crippen molar-refractivity contribution in [2.24, 2.45) is 0 Å². The van der Waals surface area contributed by atoms with Crippen molar-refractivity contribution in [2.45, 2.75) is 33.2 Å². The molecule has 0 amide bonds. The van der Waals surface area contributed by atoms with Gasteiger partial charge in [0.25, 0.3) is 5.69 Å². The summed E-state index contributed by atoms with van der Waals surface area (Å²) in [6, 6.07) is 8.35. The summed E-state index contributed by atoms with van der Waals surface area (Å²) < 4.78 is 0. The minimum absolute atomic E-state index is 0.0276. The Morgan fingerprint density at radius 3 is 2.86 bits per heavy atom. The highest BCUT2D eigenvalue weighted by molar-refractivity contribution is 5.61. The van der Waals surface area contributed by atoms with E-state index in [0.29, 0.717) is 17.9 Å². The molecule has 8 nitrogen and oxygen atoms in total. The molecule has 3 aromatic rings. The van der Waals surface area contributed by atoms with Gasteiger partial charge in [-0.15, -0.1) is 0 Å². The van der Waals surface area contributed by atoms with Gasteiger partial charge in [0.05, 0.1) is 17.2 Å². The number of nitro benzene ring substituents is 1. The second kappa shape index (κ2) is 7.30. The van der Waals surface area contributed by atoms with E-state index in [-0.39, 0.29) is 5.69 Å². The summed E-state index contributed by atoms with van der Waals surface area (Å²) >= 11 is 0. The predicted octanol–water partition coefficient (Wildman–Crippen LogP) is 3.28. The standard InChI is InChI=1S/C20H20N6O2/c1-3-18-21-11-15-7-8-25(12-17(15)23-18)19-9-13(2)22-20(24-19)14-5-4-6-16(10-14)26(27)28/h4-6,9-11H,3,7-8,12H2,1-2H3. The molecular weight excluding hydrogens is 356 g/mol. The highest BCUT2D eigenvalue weighted by Gasteiger charge is 2.21. The van der Waals surface area contributed by atoms with Crippen molar-refractivity contribution >= 4 is 11.5 Å². The van der Waals surface area contributed by atoms with E-state index in [1.54, 1.807) is 12.1 Å². The lowest BCUT2D eigenvalue weighted by molar-refractivity contribution is -0.384. The van der Waals surface area contributed by atoms with Crippen molar-refractivity contribution in [3.05, 3.63) is 69.4 Å². The zero-order valence-corrected chi connectivity index (χ0v) is 15.8. The molecule has 0 atom stereocenters. The van der Waals surface area contributed by atoms with E-state index in [1.165, 1.54) is 17.7 Å². The topological polar surface area (TPSA) is 97.9 Å². The average Bonchev–Trinajstić information content (AvgIpc) is 2.72. The molecule has 0 N–H and O–H groups in total. The summed E-state index contributed by atoms with van der Waals surface area (Å²) in [6.45, 7) is 5.42. The van der Waals surface area contributed by atoms with Gasteiger partial charge in [0.1, 0.15) is 11.6 Å². The number of non-ortho nitro benzene ring substituents is 1. The fourth-order valence-corrected chi connectivity index (χ4v) is 3.31. The molecule has 3 heterocycles. The van der Waals surface area contributed by atoms with Crippen LogP contribution in [0.25, 0.3) is 11.4 Å². The number of hydrogen-bond donors (Lipinski definition) is 0. The van der Waals surface area contributed by atoms with Crippen LogP contribution < -0.4 is 4.90 Å². The number of nitro groups is 1. The Bertz CT molecular complexity index is 1050. The van der Waals surface area contributed by atoms with Crippen molar-refractivity contribution in [3.8, 4) is 11.4 Å². The first-order valence-corrected chi connectivity index (χ1v) is 9.22. The van der Waals surface area contributed by atoms with E-state index in [1.807, 2.05) is 26.1 Å². The number of anilines is 1. The Kier molecular flexibility index (Phi) is 4.68. The van der Waals surface area contributed by atoms with Crippen molar-refractivity contribution in [1.29, 1.82) is 0 Å². The van der Waals surface area contributed by atoms with Gasteiger partial charge >= 0.3 is 0 Å². The van der Waals surface area contributed by atoms with Crippen LogP contribution in [0.2, 0.25) is 0 Å². The average molecular weight is 376 g/mol. The molecule has 1 aliphatic rings. The second-order valence-corrected chi connectivity index (χ2v) is 6.78.